The fourth-order valence-electron chi connectivity index (χ4n) is 1.75. The molecule has 0 spiro atoms. The Balaban J connectivity index is 2.28. The van der Waals surface area contributed by atoms with Crippen LogP contribution in [-0.2, 0) is 0 Å². The predicted molar refractivity (Wildman–Crippen MR) is 80.2 cm³/mol. The number of nitrogen functional groups attached to an aromatic ring is 1. The molecule has 2 rings (SSSR count). The summed E-state index contributed by atoms with van der Waals surface area (Å²) in [6.45, 7) is 3.61. The minimum Gasteiger partial charge on any atom is -0.389 e. The molecule has 0 aliphatic rings. The summed E-state index contributed by atoms with van der Waals surface area (Å²) in [6, 6.07) is 6.31. The summed E-state index contributed by atoms with van der Waals surface area (Å²) in [5, 5.41) is 15.6. The minimum atomic E-state index is -0.459. The van der Waals surface area contributed by atoms with Gasteiger partial charge in [0.15, 0.2) is 0 Å². The number of rotatable bonds is 4. The molecule has 0 saturated heterocycles. The number of hydrazone groups is 1. The predicted octanol–water partition coefficient (Wildman–Crippen LogP) is 2.78. The maximum atomic E-state index is 10.9. The first kappa shape index (κ1) is 13.9. The van der Waals surface area contributed by atoms with Crippen LogP contribution < -0.4 is 11.2 Å². The summed E-state index contributed by atoms with van der Waals surface area (Å²) < 4.78 is 4.14. The molecule has 1 aromatic carbocycles. The first-order chi connectivity index (χ1) is 9.50. The fraction of sp³-hybridized carbons (Fsp3) is 0.167. The van der Waals surface area contributed by atoms with Crippen LogP contribution in [0, 0.1) is 17.0 Å². The maximum absolute atomic E-state index is 10.9. The quantitative estimate of drug-likeness (QED) is 0.511. The van der Waals surface area contributed by atoms with Gasteiger partial charge < -0.3 is 5.73 Å². The first-order valence-corrected chi connectivity index (χ1v) is 6.54. The van der Waals surface area contributed by atoms with Gasteiger partial charge in [-0.05, 0) is 31.4 Å². The fourth-order valence-corrected chi connectivity index (χ4v) is 2.47. The molecule has 7 nitrogen and oxygen atoms in total. The minimum absolute atomic E-state index is 0.0304. The highest BCUT2D eigenvalue weighted by Crippen LogP contribution is 2.24. The van der Waals surface area contributed by atoms with Crippen molar-refractivity contribution in [1.29, 1.82) is 0 Å². The molecule has 0 radical (unpaired) electrons. The Morgan fingerprint density at radius 1 is 1.50 bits per heavy atom. The molecule has 0 bridgehead atoms. The number of nitrogens with zero attached hydrogens (tertiary/aromatic N) is 3. The number of benzene rings is 1. The van der Waals surface area contributed by atoms with Gasteiger partial charge in [0.1, 0.15) is 10.7 Å². The molecular weight excluding hydrogens is 278 g/mol. The van der Waals surface area contributed by atoms with E-state index in [1.165, 1.54) is 17.6 Å². The normalized spacial score (nSPS) is 11.4. The molecule has 0 atom stereocenters. The molecule has 0 fully saturated rings. The molecule has 104 valence electrons. The molecule has 0 aliphatic heterocycles. The zero-order valence-corrected chi connectivity index (χ0v) is 11.8. The van der Waals surface area contributed by atoms with Crippen molar-refractivity contribution in [2.45, 2.75) is 13.8 Å². The molecule has 1 aromatic heterocycles. The van der Waals surface area contributed by atoms with Crippen molar-refractivity contribution in [3.8, 4) is 0 Å². The second-order valence-corrected chi connectivity index (χ2v) is 4.90. The smallest absolute Gasteiger partial charge is 0.294 e. The lowest BCUT2D eigenvalue weighted by Gasteiger charge is -2.04. The van der Waals surface area contributed by atoms with Crippen LogP contribution in [0.1, 0.15) is 18.2 Å². The van der Waals surface area contributed by atoms with Gasteiger partial charge in [0.25, 0.3) is 5.69 Å². The zero-order chi connectivity index (χ0) is 14.7. The van der Waals surface area contributed by atoms with Gasteiger partial charge in [-0.2, -0.15) is 9.47 Å². The van der Waals surface area contributed by atoms with Crippen LogP contribution in [0.4, 0.5) is 16.4 Å². The molecule has 20 heavy (non-hydrogen) atoms. The van der Waals surface area contributed by atoms with E-state index in [0.717, 1.165) is 11.3 Å². The summed E-state index contributed by atoms with van der Waals surface area (Å²) in [5.74, 6) is 0. The monoisotopic (exact) mass is 291 g/mol. The molecule has 3 N–H and O–H groups in total. The van der Waals surface area contributed by atoms with Crippen molar-refractivity contribution in [3.63, 3.8) is 0 Å². The largest absolute Gasteiger partial charge is 0.389 e. The SMILES string of the molecule is C/C(=N/Nc1ccccc1[N+](=O)[O-])c1c(C)nsc1N. The average molecular weight is 291 g/mol. The molecule has 0 aliphatic carbocycles. The number of aromatic nitrogens is 1. The van der Waals surface area contributed by atoms with Crippen LogP contribution in [-0.4, -0.2) is 15.0 Å². The van der Waals surface area contributed by atoms with E-state index >= 15 is 0 Å². The van der Waals surface area contributed by atoms with Gasteiger partial charge in [0.05, 0.1) is 21.9 Å². The van der Waals surface area contributed by atoms with Crippen LogP contribution >= 0.6 is 11.5 Å². The average Bonchev–Trinajstić information content (AvgIpc) is 2.76. The van der Waals surface area contributed by atoms with E-state index in [2.05, 4.69) is 14.9 Å². The van der Waals surface area contributed by atoms with Crippen LogP contribution in [0.2, 0.25) is 0 Å². The Hall–Kier alpha value is -2.48. The summed E-state index contributed by atoms with van der Waals surface area (Å²) >= 11 is 1.20. The molecule has 8 heteroatoms. The van der Waals surface area contributed by atoms with Crippen molar-refractivity contribution in [2.24, 2.45) is 5.10 Å². The lowest BCUT2D eigenvalue weighted by atomic mass is 10.2. The van der Waals surface area contributed by atoms with Crippen molar-refractivity contribution in [2.75, 3.05) is 11.2 Å². The Labute approximate surface area is 119 Å². The van der Waals surface area contributed by atoms with Gasteiger partial charge in [0, 0.05) is 6.07 Å². The van der Waals surface area contributed by atoms with E-state index in [1.807, 2.05) is 6.92 Å². The number of aryl methyl sites for hydroxylation is 1. The third kappa shape index (κ3) is 2.75. The molecular formula is C12H13N5O2S. The zero-order valence-electron chi connectivity index (χ0n) is 11.0. The Morgan fingerprint density at radius 3 is 2.80 bits per heavy atom. The maximum Gasteiger partial charge on any atom is 0.294 e. The van der Waals surface area contributed by atoms with Crippen LogP contribution in [0.15, 0.2) is 29.4 Å². The Morgan fingerprint density at radius 2 is 2.20 bits per heavy atom. The number of nitrogens with one attached hydrogen (secondary N) is 1. The number of nitro groups is 1. The Kier molecular flexibility index (Phi) is 3.94. The number of hydrogen-bond acceptors (Lipinski definition) is 7. The third-order valence-corrected chi connectivity index (χ3v) is 3.46. The lowest BCUT2D eigenvalue weighted by molar-refractivity contribution is -0.384. The van der Waals surface area contributed by atoms with Gasteiger partial charge in [-0.15, -0.1) is 0 Å². The number of para-hydroxylation sites is 2. The van der Waals surface area contributed by atoms with E-state index < -0.39 is 4.92 Å². The first-order valence-electron chi connectivity index (χ1n) is 5.76. The highest BCUT2D eigenvalue weighted by Gasteiger charge is 2.13. The lowest BCUT2D eigenvalue weighted by Crippen LogP contribution is -2.04. The molecule has 0 saturated carbocycles. The van der Waals surface area contributed by atoms with E-state index in [1.54, 1.807) is 25.1 Å². The van der Waals surface area contributed by atoms with Crippen LogP contribution in [0.5, 0.6) is 0 Å². The highest BCUT2D eigenvalue weighted by atomic mass is 32.1. The van der Waals surface area contributed by atoms with Gasteiger partial charge in [-0.1, -0.05) is 12.1 Å². The van der Waals surface area contributed by atoms with Gasteiger partial charge in [-0.25, -0.2) is 0 Å². The summed E-state index contributed by atoms with van der Waals surface area (Å²) in [7, 11) is 0. The van der Waals surface area contributed by atoms with Gasteiger partial charge in [-0.3, -0.25) is 15.5 Å². The van der Waals surface area contributed by atoms with E-state index in [-0.39, 0.29) is 5.69 Å². The molecule has 2 aromatic rings. The third-order valence-electron chi connectivity index (χ3n) is 2.70. The highest BCUT2D eigenvalue weighted by molar-refractivity contribution is 7.10. The molecule has 1 heterocycles. The topological polar surface area (TPSA) is 106 Å². The van der Waals surface area contributed by atoms with E-state index in [0.29, 0.717) is 16.4 Å². The summed E-state index contributed by atoms with van der Waals surface area (Å²) in [6.07, 6.45) is 0. The summed E-state index contributed by atoms with van der Waals surface area (Å²) in [4.78, 5) is 10.4. The standard InChI is InChI=1S/C12H13N5O2S/c1-7(11-8(2)16-20-12(11)13)14-15-9-5-3-4-6-10(9)17(18)19/h3-6,15H,13H2,1-2H3/b14-7-. The number of anilines is 2. The van der Waals surface area contributed by atoms with Crippen molar-refractivity contribution < 1.29 is 4.92 Å². The number of hydrogen-bond donors (Lipinski definition) is 2. The van der Waals surface area contributed by atoms with E-state index in [9.17, 15) is 10.1 Å². The van der Waals surface area contributed by atoms with Crippen molar-refractivity contribution >= 4 is 33.6 Å². The number of nitrogens with two attached hydrogens (primary N) is 1. The van der Waals surface area contributed by atoms with Crippen LogP contribution in [0.25, 0.3) is 0 Å². The second-order valence-electron chi connectivity index (χ2n) is 4.09. The van der Waals surface area contributed by atoms with Crippen LogP contribution in [0.3, 0.4) is 0 Å². The van der Waals surface area contributed by atoms with Gasteiger partial charge in [0.2, 0.25) is 0 Å². The van der Waals surface area contributed by atoms with E-state index in [4.69, 9.17) is 5.73 Å². The molecule has 0 amide bonds. The Bertz CT molecular complexity index is 661. The molecule has 0 unspecified atom stereocenters. The van der Waals surface area contributed by atoms with Gasteiger partial charge >= 0.3 is 0 Å². The summed E-state index contributed by atoms with van der Waals surface area (Å²) in [5.41, 5.74) is 11.0. The van der Waals surface area contributed by atoms with Crippen molar-refractivity contribution in [3.05, 3.63) is 45.6 Å². The van der Waals surface area contributed by atoms with Crippen molar-refractivity contribution in [1.82, 2.24) is 4.37 Å². The second kappa shape index (κ2) is 5.66. The number of nitro benzene ring substituents is 1.